The standard InChI is InChI=1S/C55H40N2OS/c1-31-22-26-44-48(28-31)58-53-45(55(44,4)5)30-42(50-32(2)23-27-47-52(50)56-54-57(47)46-20-12-13-21-49(46)59-54)33(3)51(53)34-24-25-41-39-18-9-8-16-37(39)35-14-6-7-15-36(35)38-17-10-11-19-40(38)43(41)29-34/h6-30H,1-5H3. The summed E-state index contributed by atoms with van der Waals surface area (Å²) in [5.41, 5.74) is 23.5. The van der Waals surface area contributed by atoms with Gasteiger partial charge in [0.25, 0.3) is 0 Å². The molecule has 1 aliphatic carbocycles. The molecule has 1 aliphatic heterocycles. The highest BCUT2D eigenvalue weighted by Gasteiger charge is 2.38. The molecule has 0 N–H and O–H groups in total. The van der Waals surface area contributed by atoms with E-state index in [0.717, 1.165) is 38.6 Å². The van der Waals surface area contributed by atoms with Gasteiger partial charge in [0.2, 0.25) is 0 Å². The molecule has 0 spiro atoms. The van der Waals surface area contributed by atoms with Crippen molar-refractivity contribution < 1.29 is 4.74 Å². The van der Waals surface area contributed by atoms with Gasteiger partial charge in [-0.05, 0) is 129 Å². The lowest BCUT2D eigenvalue weighted by Crippen LogP contribution is -2.25. The first kappa shape index (κ1) is 34.3. The molecule has 0 atom stereocenters. The van der Waals surface area contributed by atoms with Gasteiger partial charge < -0.3 is 4.74 Å². The number of imidazole rings is 1. The van der Waals surface area contributed by atoms with Crippen LogP contribution in [-0.2, 0) is 5.41 Å². The fraction of sp³-hybridized carbons (Fsp3) is 0.109. The van der Waals surface area contributed by atoms with Crippen LogP contribution in [0.4, 0.5) is 0 Å². The van der Waals surface area contributed by atoms with E-state index in [-0.39, 0.29) is 5.41 Å². The summed E-state index contributed by atoms with van der Waals surface area (Å²) in [4.78, 5) is 6.43. The molecular formula is C55H40N2OS. The van der Waals surface area contributed by atoms with Crippen molar-refractivity contribution >= 4 is 37.5 Å². The first-order valence-corrected chi connectivity index (χ1v) is 21.3. The molecule has 0 radical (unpaired) electrons. The average molecular weight is 777 g/mol. The van der Waals surface area contributed by atoms with E-state index in [1.165, 1.54) is 93.7 Å². The van der Waals surface area contributed by atoms with Gasteiger partial charge in [-0.1, -0.05) is 140 Å². The lowest BCUT2D eigenvalue weighted by molar-refractivity contribution is 0.419. The van der Waals surface area contributed by atoms with Crippen molar-refractivity contribution in [3.8, 4) is 78.3 Å². The SMILES string of the molecule is Cc1ccc2c(c1)Oc1c(cc(-c3c(C)ccc4c3nc3sc5ccccc5n34)c(C)c1-c1ccc3c(c1)-c1ccccc1-c1ccccc1-c1ccccc1-3)C2(C)C. The minimum absolute atomic E-state index is 0.334. The van der Waals surface area contributed by atoms with E-state index in [1.54, 1.807) is 11.3 Å². The maximum atomic E-state index is 7.20. The summed E-state index contributed by atoms with van der Waals surface area (Å²) in [7, 11) is 0. The van der Waals surface area contributed by atoms with Gasteiger partial charge in [0.15, 0.2) is 4.96 Å². The fourth-order valence-corrected chi connectivity index (χ4v) is 11.2. The number of ether oxygens (including phenoxy) is 1. The van der Waals surface area contributed by atoms with Crippen molar-refractivity contribution in [2.75, 3.05) is 0 Å². The Bertz CT molecular complexity index is 3430. The number of benzene rings is 8. The number of aromatic nitrogens is 2. The van der Waals surface area contributed by atoms with E-state index in [9.17, 15) is 0 Å². The van der Waals surface area contributed by atoms with E-state index in [2.05, 4.69) is 191 Å². The number of aryl methyl sites for hydroxylation is 2. The molecule has 0 saturated carbocycles. The van der Waals surface area contributed by atoms with Crippen molar-refractivity contribution in [1.82, 2.24) is 9.38 Å². The lowest BCUT2D eigenvalue weighted by Gasteiger charge is -2.37. The molecule has 3 nitrogen and oxygen atoms in total. The Morgan fingerprint density at radius 3 is 1.81 bits per heavy atom. The molecule has 3 heterocycles. The topological polar surface area (TPSA) is 26.5 Å². The van der Waals surface area contributed by atoms with Crippen molar-refractivity contribution in [1.29, 1.82) is 0 Å². The zero-order valence-corrected chi connectivity index (χ0v) is 34.5. The van der Waals surface area contributed by atoms with Crippen LogP contribution in [0.5, 0.6) is 11.5 Å². The van der Waals surface area contributed by atoms with Gasteiger partial charge in [0.1, 0.15) is 11.5 Å². The van der Waals surface area contributed by atoms with Gasteiger partial charge in [-0.2, -0.15) is 0 Å². The first-order chi connectivity index (χ1) is 28.8. The van der Waals surface area contributed by atoms with E-state index in [1.807, 2.05) is 0 Å². The molecule has 10 aromatic rings. The zero-order valence-electron chi connectivity index (χ0n) is 33.6. The zero-order chi connectivity index (χ0) is 39.7. The highest BCUT2D eigenvalue weighted by molar-refractivity contribution is 7.23. The van der Waals surface area contributed by atoms with Crippen LogP contribution in [0.3, 0.4) is 0 Å². The predicted octanol–water partition coefficient (Wildman–Crippen LogP) is 15.4. The van der Waals surface area contributed by atoms with Crippen LogP contribution in [0.25, 0.3) is 93.0 Å². The molecule has 0 fully saturated rings. The Morgan fingerprint density at radius 1 is 0.525 bits per heavy atom. The average Bonchev–Trinajstić information content (AvgIpc) is 3.79. The van der Waals surface area contributed by atoms with Gasteiger partial charge in [-0.3, -0.25) is 4.40 Å². The Hall–Kier alpha value is -6.75. The first-order valence-electron chi connectivity index (χ1n) is 20.5. The molecule has 12 rings (SSSR count). The Balaban J connectivity index is 1.17. The summed E-state index contributed by atoms with van der Waals surface area (Å²) in [6.07, 6.45) is 0. The number of hydrogen-bond donors (Lipinski definition) is 0. The number of thiazole rings is 1. The number of hydrogen-bond acceptors (Lipinski definition) is 3. The molecular weight excluding hydrogens is 737 g/mol. The van der Waals surface area contributed by atoms with Crippen LogP contribution in [0.2, 0.25) is 0 Å². The van der Waals surface area contributed by atoms with Crippen LogP contribution in [0.1, 0.15) is 41.7 Å². The fourth-order valence-electron chi connectivity index (χ4n) is 10.1. The second-order valence-electron chi connectivity index (χ2n) is 16.8. The second-order valence-corrected chi connectivity index (χ2v) is 17.9. The molecule has 282 valence electrons. The Morgan fingerprint density at radius 2 is 1.14 bits per heavy atom. The van der Waals surface area contributed by atoms with Crippen LogP contribution < -0.4 is 4.74 Å². The third-order valence-electron chi connectivity index (χ3n) is 13.1. The molecule has 4 heteroatoms. The second kappa shape index (κ2) is 12.4. The monoisotopic (exact) mass is 776 g/mol. The molecule has 2 aliphatic rings. The highest BCUT2D eigenvalue weighted by atomic mass is 32.1. The molecule has 2 aromatic heterocycles. The lowest BCUT2D eigenvalue weighted by atomic mass is 9.72. The Labute approximate surface area is 347 Å². The molecule has 0 unspecified atom stereocenters. The number of nitrogens with zero attached hydrogens (tertiary/aromatic N) is 2. The van der Waals surface area contributed by atoms with E-state index in [0.29, 0.717) is 0 Å². The van der Waals surface area contributed by atoms with Crippen molar-refractivity contribution in [2.45, 2.75) is 40.0 Å². The maximum Gasteiger partial charge on any atom is 0.195 e. The summed E-state index contributed by atoms with van der Waals surface area (Å²) in [6.45, 7) is 11.4. The minimum atomic E-state index is -0.334. The van der Waals surface area contributed by atoms with Crippen LogP contribution in [-0.4, -0.2) is 9.38 Å². The predicted molar refractivity (Wildman–Crippen MR) is 247 cm³/mol. The molecule has 8 aromatic carbocycles. The largest absolute Gasteiger partial charge is 0.456 e. The minimum Gasteiger partial charge on any atom is -0.456 e. The van der Waals surface area contributed by atoms with Crippen LogP contribution >= 0.6 is 11.3 Å². The van der Waals surface area contributed by atoms with Crippen molar-refractivity contribution in [3.63, 3.8) is 0 Å². The summed E-state index contributed by atoms with van der Waals surface area (Å²) in [5.74, 6) is 1.86. The smallest absolute Gasteiger partial charge is 0.195 e. The van der Waals surface area contributed by atoms with Gasteiger partial charge in [-0.15, -0.1) is 0 Å². The highest BCUT2D eigenvalue weighted by Crippen LogP contribution is 2.56. The van der Waals surface area contributed by atoms with E-state index >= 15 is 0 Å². The maximum absolute atomic E-state index is 7.20. The number of para-hydroxylation sites is 1. The van der Waals surface area contributed by atoms with Gasteiger partial charge in [0.05, 0.1) is 21.3 Å². The normalized spacial score (nSPS) is 13.4. The number of rotatable bonds is 2. The van der Waals surface area contributed by atoms with Gasteiger partial charge in [-0.25, -0.2) is 4.98 Å². The third kappa shape index (κ3) is 4.84. The third-order valence-corrected chi connectivity index (χ3v) is 14.1. The summed E-state index contributed by atoms with van der Waals surface area (Å²) < 4.78 is 10.8. The molecule has 0 saturated heterocycles. The quantitative estimate of drug-likeness (QED) is 0.175. The summed E-state index contributed by atoms with van der Waals surface area (Å²) in [6, 6.07) is 55.9. The van der Waals surface area contributed by atoms with Crippen molar-refractivity contribution in [3.05, 3.63) is 179 Å². The van der Waals surface area contributed by atoms with Gasteiger partial charge >= 0.3 is 0 Å². The van der Waals surface area contributed by atoms with Gasteiger partial charge in [0, 0.05) is 27.7 Å². The summed E-state index contributed by atoms with van der Waals surface area (Å²) in [5, 5.41) is 0. The molecule has 59 heavy (non-hydrogen) atoms. The molecule has 0 amide bonds. The van der Waals surface area contributed by atoms with Crippen LogP contribution in [0, 0.1) is 20.8 Å². The molecule has 0 bridgehead atoms. The van der Waals surface area contributed by atoms with E-state index < -0.39 is 0 Å². The number of fused-ring (bicyclic) bond motifs is 15. The Kier molecular flexibility index (Phi) is 7.20. The van der Waals surface area contributed by atoms with Crippen LogP contribution in [0.15, 0.2) is 152 Å². The van der Waals surface area contributed by atoms with Crippen molar-refractivity contribution in [2.24, 2.45) is 0 Å². The summed E-state index contributed by atoms with van der Waals surface area (Å²) >= 11 is 1.75. The van der Waals surface area contributed by atoms with E-state index in [4.69, 9.17) is 9.72 Å².